The van der Waals surface area contributed by atoms with Crippen molar-refractivity contribution in [3.8, 4) is 0 Å². The molecular weight excluding hydrogens is 622 g/mol. The molecule has 0 saturated carbocycles. The molecule has 1 unspecified atom stereocenters. The van der Waals surface area contributed by atoms with Gasteiger partial charge in [0.1, 0.15) is 23.1 Å². The fraction of sp³-hybridized carbons (Fsp3) is 0.455. The largest absolute Gasteiger partial charge is 0.461 e. The van der Waals surface area contributed by atoms with Crippen molar-refractivity contribution in [2.24, 2.45) is 4.99 Å². The van der Waals surface area contributed by atoms with Gasteiger partial charge in [0.2, 0.25) is 17.8 Å². The second-order valence-corrected chi connectivity index (χ2v) is 13.8. The third-order valence-electron chi connectivity index (χ3n) is 8.67. The van der Waals surface area contributed by atoms with Crippen molar-refractivity contribution in [2.45, 2.75) is 45.1 Å². The van der Waals surface area contributed by atoms with Crippen LogP contribution in [0.4, 0.5) is 5.69 Å². The summed E-state index contributed by atoms with van der Waals surface area (Å²) >= 11 is 0. The summed E-state index contributed by atoms with van der Waals surface area (Å²) in [7, 11) is -0.912. The number of amides is 4. The minimum absolute atomic E-state index is 0.0164. The molecule has 5 heterocycles. The zero-order valence-corrected chi connectivity index (χ0v) is 27.2. The van der Waals surface area contributed by atoms with E-state index < -0.39 is 22.7 Å². The number of nitrogens with one attached hydrogen (secondary N) is 2. The first kappa shape index (κ1) is 32.4. The monoisotopic (exact) mass is 661 g/mol. The van der Waals surface area contributed by atoms with Crippen LogP contribution in [0.25, 0.3) is 11.0 Å². The number of likely N-dealkylation sites (tertiary alicyclic amines) is 2. The number of pyridine rings is 1. The second-order valence-electron chi connectivity index (χ2n) is 12.1. The van der Waals surface area contributed by atoms with Crippen LogP contribution < -0.4 is 10.6 Å². The minimum Gasteiger partial charge on any atom is -0.461 e. The molecule has 1 atom stereocenters. The zero-order valence-electron chi connectivity index (χ0n) is 26.4. The van der Waals surface area contributed by atoms with Crippen molar-refractivity contribution >= 4 is 57.0 Å². The molecule has 3 aliphatic heterocycles. The van der Waals surface area contributed by atoms with Gasteiger partial charge in [-0.25, -0.2) is 4.99 Å². The van der Waals surface area contributed by atoms with Crippen molar-refractivity contribution < 1.29 is 27.8 Å². The summed E-state index contributed by atoms with van der Waals surface area (Å²) in [6.45, 7) is 4.58. The number of hydrogen-bond donors (Lipinski definition) is 2. The molecule has 2 aromatic heterocycles. The molecule has 0 bridgehead atoms. The molecule has 0 spiro atoms. The van der Waals surface area contributed by atoms with Gasteiger partial charge in [-0.1, -0.05) is 0 Å². The number of aryl methyl sites for hydroxylation is 1. The van der Waals surface area contributed by atoms with Crippen molar-refractivity contribution in [3.05, 3.63) is 59.6 Å². The van der Waals surface area contributed by atoms with Crippen LogP contribution in [0, 0.1) is 6.92 Å². The number of carbonyl (C=O) groups is 4. The highest BCUT2D eigenvalue weighted by atomic mass is 32.2. The quantitative estimate of drug-likeness (QED) is 0.302. The van der Waals surface area contributed by atoms with Crippen molar-refractivity contribution in [1.29, 1.82) is 0 Å². The molecule has 3 aromatic rings. The molecule has 14 heteroatoms. The number of rotatable bonds is 6. The predicted molar refractivity (Wildman–Crippen MR) is 178 cm³/mol. The van der Waals surface area contributed by atoms with E-state index in [1.54, 1.807) is 20.8 Å². The molecule has 0 aliphatic carbocycles. The van der Waals surface area contributed by atoms with E-state index in [0.717, 1.165) is 36.8 Å². The number of guanidine groups is 1. The average molecular weight is 662 g/mol. The molecule has 248 valence electrons. The maximum absolute atomic E-state index is 13.7. The number of anilines is 1. The number of fused-ring (bicyclic) bond motifs is 1. The Morgan fingerprint density at radius 2 is 1.74 bits per heavy atom. The third kappa shape index (κ3) is 7.87. The highest BCUT2D eigenvalue weighted by molar-refractivity contribution is 7.85. The number of benzene rings is 1. The summed E-state index contributed by atoms with van der Waals surface area (Å²) in [4.78, 5) is 66.9. The lowest BCUT2D eigenvalue weighted by atomic mass is 10.1. The van der Waals surface area contributed by atoms with Gasteiger partial charge >= 0.3 is 0 Å². The van der Waals surface area contributed by atoms with Gasteiger partial charge in [-0.15, -0.1) is 0 Å². The number of nitrogens with zero attached hydrogens (tertiary/aromatic N) is 5. The molecule has 4 amide bonds. The number of aliphatic imine (C=N–C) groups is 1. The fourth-order valence-electron chi connectivity index (χ4n) is 6.07. The highest BCUT2D eigenvalue weighted by Crippen LogP contribution is 2.23. The smallest absolute Gasteiger partial charge is 0.272 e. The van der Waals surface area contributed by atoms with E-state index in [1.165, 1.54) is 18.3 Å². The lowest BCUT2D eigenvalue weighted by Crippen LogP contribution is -2.45. The van der Waals surface area contributed by atoms with E-state index in [4.69, 9.17) is 9.41 Å². The molecule has 2 N–H and O–H groups in total. The van der Waals surface area contributed by atoms with E-state index in [2.05, 4.69) is 15.6 Å². The van der Waals surface area contributed by atoms with Gasteiger partial charge in [-0.2, -0.15) is 0 Å². The number of furan rings is 1. The molecule has 47 heavy (non-hydrogen) atoms. The van der Waals surface area contributed by atoms with Crippen LogP contribution in [0.1, 0.15) is 58.7 Å². The Labute approximate surface area is 275 Å². The first-order valence-electron chi connectivity index (χ1n) is 16.1. The third-order valence-corrected chi connectivity index (χ3v) is 9.94. The molecule has 3 fully saturated rings. The fourth-order valence-corrected chi connectivity index (χ4v) is 7.12. The van der Waals surface area contributed by atoms with Crippen molar-refractivity contribution in [2.75, 3.05) is 56.1 Å². The van der Waals surface area contributed by atoms with Crippen molar-refractivity contribution in [1.82, 2.24) is 25.0 Å². The van der Waals surface area contributed by atoms with Gasteiger partial charge in [-0.3, -0.25) is 33.7 Å². The average Bonchev–Trinajstić information content (AvgIpc) is 3.71. The van der Waals surface area contributed by atoms with Gasteiger partial charge in [0.15, 0.2) is 0 Å². The Kier molecular flexibility index (Phi) is 9.95. The van der Waals surface area contributed by atoms with Crippen LogP contribution in [0.3, 0.4) is 0 Å². The first-order chi connectivity index (χ1) is 22.7. The van der Waals surface area contributed by atoms with Crippen LogP contribution >= 0.6 is 0 Å². The molecule has 3 saturated heterocycles. The first-order valence-corrected chi connectivity index (χ1v) is 17.6. The van der Waals surface area contributed by atoms with E-state index in [0.29, 0.717) is 61.9 Å². The highest BCUT2D eigenvalue weighted by Gasteiger charge is 2.31. The topological polar surface area (TPSA) is 158 Å². The van der Waals surface area contributed by atoms with Crippen LogP contribution in [0.2, 0.25) is 0 Å². The summed E-state index contributed by atoms with van der Waals surface area (Å²) < 4.78 is 17.4. The lowest BCUT2D eigenvalue weighted by Gasteiger charge is -2.26. The standard InChI is InChI=1S/C33H39N7O6S/c1-22-18-24-19-25(8-10-28(24)46-22)35-33(36-27-6-2-3-13-40(32(27)44)21-29(41)38-11-4-5-12-38)37-30(42)23-7-9-26(34-20-23)31(43)39-14-16-47(45)17-15-39/h7-10,18-20,27H,2-6,11-17,21H2,1H3,(H2,35,36,37,42). The van der Waals surface area contributed by atoms with Gasteiger partial charge in [0, 0.05) is 72.3 Å². The summed E-state index contributed by atoms with van der Waals surface area (Å²) in [6.07, 6.45) is 5.23. The van der Waals surface area contributed by atoms with E-state index in [-0.39, 0.29) is 41.5 Å². The summed E-state index contributed by atoms with van der Waals surface area (Å²) in [6, 6.07) is 9.57. The maximum atomic E-state index is 13.7. The number of carbonyl (C=O) groups excluding carboxylic acids is 4. The van der Waals surface area contributed by atoms with E-state index in [9.17, 15) is 23.4 Å². The van der Waals surface area contributed by atoms with E-state index >= 15 is 0 Å². The van der Waals surface area contributed by atoms with Crippen LogP contribution in [0.15, 0.2) is 52.0 Å². The van der Waals surface area contributed by atoms with E-state index in [1.807, 2.05) is 25.1 Å². The summed E-state index contributed by atoms with van der Waals surface area (Å²) in [5.41, 5.74) is 1.73. The van der Waals surface area contributed by atoms with Gasteiger partial charge in [0.05, 0.1) is 12.1 Å². The minimum atomic E-state index is -0.912. The number of hydrogen-bond acceptors (Lipinski definition) is 8. The van der Waals surface area contributed by atoms with Gasteiger partial charge < -0.3 is 24.4 Å². The molecule has 6 rings (SSSR count). The van der Waals surface area contributed by atoms with Crippen molar-refractivity contribution in [3.63, 3.8) is 0 Å². The maximum Gasteiger partial charge on any atom is 0.272 e. The Hall–Kier alpha value is -4.59. The lowest BCUT2D eigenvalue weighted by molar-refractivity contribution is -0.140. The van der Waals surface area contributed by atoms with Crippen LogP contribution in [-0.4, -0.2) is 110 Å². The normalized spacial score (nSPS) is 19.6. The Morgan fingerprint density at radius 3 is 2.49 bits per heavy atom. The summed E-state index contributed by atoms with van der Waals surface area (Å²) in [5.74, 6) is 0.588. The molecular formula is C33H39N7O6S. The SMILES string of the molecule is Cc1cc2cc(NC(=NC3CCCCN(CC(=O)N4CCCC4)C3=O)NC(=O)c3ccc(C(=O)N4CCS(=O)CC4)nc3)ccc2o1. The number of aromatic nitrogens is 1. The Morgan fingerprint density at radius 1 is 0.979 bits per heavy atom. The molecule has 13 nitrogen and oxygen atoms in total. The summed E-state index contributed by atoms with van der Waals surface area (Å²) in [5, 5.41) is 6.83. The van der Waals surface area contributed by atoms with Crippen LogP contribution in [0.5, 0.6) is 0 Å². The molecule has 1 aromatic carbocycles. The van der Waals surface area contributed by atoms with Gasteiger partial charge in [-0.05, 0) is 75.4 Å². The zero-order chi connectivity index (χ0) is 32.9. The second kappa shape index (κ2) is 14.4. The van der Waals surface area contributed by atoms with Crippen LogP contribution in [-0.2, 0) is 20.4 Å². The predicted octanol–water partition coefficient (Wildman–Crippen LogP) is 2.54. The van der Waals surface area contributed by atoms with Gasteiger partial charge in [0.25, 0.3) is 11.8 Å². The molecule has 0 radical (unpaired) electrons. The molecule has 3 aliphatic rings. The Balaban J connectivity index is 1.21. The Bertz CT molecular complexity index is 1710.